The zero-order valence-electron chi connectivity index (χ0n) is 17.8. The Balaban J connectivity index is 0.00000320. The molecular formula is C23H33IN4OS. The van der Waals surface area contributed by atoms with Crippen molar-refractivity contribution in [1.82, 2.24) is 10.6 Å². The molecule has 7 heteroatoms. The minimum atomic E-state index is -0.899. The summed E-state index contributed by atoms with van der Waals surface area (Å²) >= 11 is 0. The molecule has 0 spiro atoms. The molecule has 0 saturated carbocycles. The van der Waals surface area contributed by atoms with Gasteiger partial charge in [-0.15, -0.1) is 24.0 Å². The molecule has 1 aliphatic heterocycles. The van der Waals surface area contributed by atoms with Gasteiger partial charge in [0.2, 0.25) is 0 Å². The highest BCUT2D eigenvalue weighted by Crippen LogP contribution is 2.20. The Kier molecular flexibility index (Phi) is 10.6. The van der Waals surface area contributed by atoms with Gasteiger partial charge < -0.3 is 15.5 Å². The van der Waals surface area contributed by atoms with Crippen LogP contribution in [0.25, 0.3) is 0 Å². The molecule has 2 N–H and O–H groups in total. The minimum absolute atomic E-state index is 0. The number of rotatable bonds is 8. The van der Waals surface area contributed by atoms with Gasteiger partial charge in [0.1, 0.15) is 0 Å². The van der Waals surface area contributed by atoms with Gasteiger partial charge >= 0.3 is 0 Å². The lowest BCUT2D eigenvalue weighted by molar-refractivity contribution is 0.650. The summed E-state index contributed by atoms with van der Waals surface area (Å²) in [6, 6.07) is 19.1. The molecule has 164 valence electrons. The van der Waals surface area contributed by atoms with Gasteiger partial charge in [-0.05, 0) is 38.0 Å². The van der Waals surface area contributed by atoms with E-state index < -0.39 is 10.8 Å². The van der Waals surface area contributed by atoms with Crippen LogP contribution >= 0.6 is 24.0 Å². The van der Waals surface area contributed by atoms with Gasteiger partial charge in [0, 0.05) is 53.7 Å². The van der Waals surface area contributed by atoms with Gasteiger partial charge in [-0.25, -0.2) is 0 Å². The summed E-state index contributed by atoms with van der Waals surface area (Å²) in [5.74, 6) is 1.99. The molecule has 0 bridgehead atoms. The molecule has 2 atom stereocenters. The average Bonchev–Trinajstić information content (AvgIpc) is 3.18. The standard InChI is InChI=1S/C23H32N4OS.HI/c1-3-24-23(25-14-16-29(28)18-20-7-5-4-6-8-20)26-21-13-15-27(17-21)22-11-9-19(2)10-12-22;/h4-12,21H,3,13-18H2,1-2H3,(H2,24,25,26);1H. The van der Waals surface area contributed by atoms with E-state index in [0.717, 1.165) is 37.6 Å². The SMILES string of the molecule is CCNC(=NCCS(=O)Cc1ccccc1)NC1CCN(c2ccc(C)cc2)C1.I. The smallest absolute Gasteiger partial charge is 0.191 e. The fraction of sp³-hybridized carbons (Fsp3) is 0.435. The summed E-state index contributed by atoms with van der Waals surface area (Å²) in [6.45, 7) is 7.56. The number of aliphatic imine (C=N–C) groups is 1. The van der Waals surface area contributed by atoms with Crippen LogP contribution in [0.4, 0.5) is 5.69 Å². The van der Waals surface area contributed by atoms with Gasteiger partial charge in [0.05, 0.1) is 6.54 Å². The number of nitrogens with one attached hydrogen (secondary N) is 2. The van der Waals surface area contributed by atoms with Crippen LogP contribution in [0.5, 0.6) is 0 Å². The van der Waals surface area contributed by atoms with Gasteiger partial charge in [-0.1, -0.05) is 48.0 Å². The Morgan fingerprint density at radius 3 is 2.60 bits per heavy atom. The van der Waals surface area contributed by atoms with Crippen molar-refractivity contribution >= 4 is 46.4 Å². The molecule has 2 unspecified atom stereocenters. The van der Waals surface area contributed by atoms with Gasteiger partial charge in [0.25, 0.3) is 0 Å². The van der Waals surface area contributed by atoms with E-state index in [1.807, 2.05) is 30.3 Å². The second-order valence-corrected chi connectivity index (χ2v) is 9.02. The fourth-order valence-corrected chi connectivity index (χ4v) is 4.48. The summed E-state index contributed by atoms with van der Waals surface area (Å²) < 4.78 is 12.3. The van der Waals surface area contributed by atoms with E-state index in [1.165, 1.54) is 11.3 Å². The Hall–Kier alpha value is -1.61. The maximum absolute atomic E-state index is 12.3. The van der Waals surface area contributed by atoms with Crippen molar-refractivity contribution in [3.05, 3.63) is 65.7 Å². The highest BCUT2D eigenvalue weighted by Gasteiger charge is 2.23. The lowest BCUT2D eigenvalue weighted by Gasteiger charge is -2.20. The summed E-state index contributed by atoms with van der Waals surface area (Å²) in [6.07, 6.45) is 1.08. The molecule has 1 aliphatic rings. The third-order valence-electron chi connectivity index (χ3n) is 5.03. The first kappa shape index (κ1) is 24.7. The molecule has 30 heavy (non-hydrogen) atoms. The number of guanidine groups is 1. The van der Waals surface area contributed by atoms with E-state index in [9.17, 15) is 4.21 Å². The van der Waals surface area contributed by atoms with Crippen molar-refractivity contribution < 1.29 is 4.21 Å². The van der Waals surface area contributed by atoms with Gasteiger partial charge in [-0.2, -0.15) is 0 Å². The zero-order valence-corrected chi connectivity index (χ0v) is 21.0. The second kappa shape index (κ2) is 12.9. The lowest BCUT2D eigenvalue weighted by Crippen LogP contribution is -2.44. The van der Waals surface area contributed by atoms with E-state index in [4.69, 9.17) is 0 Å². The third-order valence-corrected chi connectivity index (χ3v) is 6.33. The predicted molar refractivity (Wildman–Crippen MR) is 139 cm³/mol. The Labute approximate surface area is 200 Å². The van der Waals surface area contributed by atoms with E-state index in [2.05, 4.69) is 58.6 Å². The largest absolute Gasteiger partial charge is 0.369 e. The molecule has 0 radical (unpaired) electrons. The molecule has 2 aromatic carbocycles. The number of halogens is 1. The van der Waals surface area contributed by atoms with Gasteiger partial charge in [-0.3, -0.25) is 9.20 Å². The Morgan fingerprint density at radius 1 is 1.17 bits per heavy atom. The maximum Gasteiger partial charge on any atom is 0.191 e. The van der Waals surface area contributed by atoms with Crippen molar-refractivity contribution in [3.8, 4) is 0 Å². The highest BCUT2D eigenvalue weighted by molar-refractivity contribution is 14.0. The fourth-order valence-electron chi connectivity index (χ4n) is 3.47. The molecule has 2 aromatic rings. The van der Waals surface area contributed by atoms with Crippen molar-refractivity contribution in [1.29, 1.82) is 0 Å². The molecule has 1 heterocycles. The molecule has 1 fully saturated rings. The summed E-state index contributed by atoms with van der Waals surface area (Å²) in [4.78, 5) is 7.06. The lowest BCUT2D eigenvalue weighted by atomic mass is 10.2. The van der Waals surface area contributed by atoms with E-state index >= 15 is 0 Å². The normalized spacial score (nSPS) is 17.3. The summed E-state index contributed by atoms with van der Waals surface area (Å²) in [5.41, 5.74) is 3.67. The quantitative estimate of drug-likeness (QED) is 0.305. The number of hydrogen-bond acceptors (Lipinski definition) is 3. The number of anilines is 1. The average molecular weight is 541 g/mol. The van der Waals surface area contributed by atoms with Crippen LogP contribution in [-0.2, 0) is 16.6 Å². The van der Waals surface area contributed by atoms with Crippen LogP contribution in [0.15, 0.2) is 59.6 Å². The van der Waals surface area contributed by atoms with Crippen LogP contribution in [0.3, 0.4) is 0 Å². The molecule has 0 aliphatic carbocycles. The van der Waals surface area contributed by atoms with Crippen molar-refractivity contribution in [3.63, 3.8) is 0 Å². The first-order valence-electron chi connectivity index (χ1n) is 10.4. The molecule has 0 aromatic heterocycles. The van der Waals surface area contributed by atoms with Crippen LogP contribution in [0, 0.1) is 6.92 Å². The molecule has 5 nitrogen and oxygen atoms in total. The van der Waals surface area contributed by atoms with Crippen molar-refractivity contribution in [2.24, 2.45) is 4.99 Å². The van der Waals surface area contributed by atoms with E-state index in [0.29, 0.717) is 24.1 Å². The zero-order chi connectivity index (χ0) is 20.5. The van der Waals surface area contributed by atoms with E-state index in [-0.39, 0.29) is 24.0 Å². The summed E-state index contributed by atoms with van der Waals surface area (Å²) in [7, 11) is -0.899. The van der Waals surface area contributed by atoms with E-state index in [1.54, 1.807) is 0 Å². The topological polar surface area (TPSA) is 56.7 Å². The highest BCUT2D eigenvalue weighted by atomic mass is 127. The molecule has 1 saturated heterocycles. The third kappa shape index (κ3) is 7.91. The minimum Gasteiger partial charge on any atom is -0.369 e. The van der Waals surface area contributed by atoms with Crippen molar-refractivity contribution in [2.75, 3.05) is 36.8 Å². The second-order valence-electron chi connectivity index (χ2n) is 7.45. The Bertz CT molecular complexity index is 814. The Morgan fingerprint density at radius 2 is 1.90 bits per heavy atom. The van der Waals surface area contributed by atoms with Crippen LogP contribution in [0.1, 0.15) is 24.5 Å². The van der Waals surface area contributed by atoms with Crippen LogP contribution < -0.4 is 15.5 Å². The van der Waals surface area contributed by atoms with Gasteiger partial charge in [0.15, 0.2) is 5.96 Å². The number of benzene rings is 2. The van der Waals surface area contributed by atoms with Crippen LogP contribution in [0.2, 0.25) is 0 Å². The summed E-state index contributed by atoms with van der Waals surface area (Å²) in [5, 5.41) is 6.87. The van der Waals surface area contributed by atoms with Crippen LogP contribution in [-0.4, -0.2) is 48.1 Å². The molecule has 0 amide bonds. The first-order valence-corrected chi connectivity index (χ1v) is 11.9. The monoisotopic (exact) mass is 540 g/mol. The maximum atomic E-state index is 12.3. The number of aryl methyl sites for hydroxylation is 1. The number of hydrogen-bond donors (Lipinski definition) is 2. The first-order chi connectivity index (χ1) is 14.1. The predicted octanol–water partition coefficient (Wildman–Crippen LogP) is 3.70. The molecule has 3 rings (SSSR count). The van der Waals surface area contributed by atoms with Crippen molar-refractivity contribution in [2.45, 2.75) is 32.1 Å². The molecular weight excluding hydrogens is 507 g/mol. The number of nitrogens with zero attached hydrogens (tertiary/aromatic N) is 2.